The third-order valence-corrected chi connectivity index (χ3v) is 3.94. The summed E-state index contributed by atoms with van der Waals surface area (Å²) in [5.74, 6) is 0. The summed E-state index contributed by atoms with van der Waals surface area (Å²) < 4.78 is 6.40. The van der Waals surface area contributed by atoms with Gasteiger partial charge < -0.3 is 15.0 Å². The van der Waals surface area contributed by atoms with Crippen molar-refractivity contribution in [2.45, 2.75) is 32.4 Å². The standard InChI is InChI=1S/C15H23BrN2O/c1-3-17-11-12-4-5-13(16)10-15(12)18(8-9-19-2)14-6-7-14/h4-5,10,14,17H,3,6-9,11H2,1-2H3. The van der Waals surface area contributed by atoms with Gasteiger partial charge >= 0.3 is 0 Å². The molecule has 1 aromatic carbocycles. The van der Waals surface area contributed by atoms with Crippen molar-refractivity contribution in [3.63, 3.8) is 0 Å². The Balaban J connectivity index is 2.19. The number of halogens is 1. The number of hydrogen-bond acceptors (Lipinski definition) is 3. The fraction of sp³-hybridized carbons (Fsp3) is 0.600. The van der Waals surface area contributed by atoms with Crippen LogP contribution in [0, 0.1) is 0 Å². The molecule has 0 unspecified atom stereocenters. The van der Waals surface area contributed by atoms with Gasteiger partial charge in [-0.05, 0) is 37.1 Å². The van der Waals surface area contributed by atoms with Crippen LogP contribution in [0.3, 0.4) is 0 Å². The lowest BCUT2D eigenvalue weighted by Crippen LogP contribution is -2.31. The van der Waals surface area contributed by atoms with Gasteiger partial charge in [-0.15, -0.1) is 0 Å². The maximum atomic E-state index is 5.25. The molecule has 106 valence electrons. The molecule has 1 aliphatic rings. The Morgan fingerprint density at radius 2 is 2.21 bits per heavy atom. The molecule has 1 fully saturated rings. The molecule has 1 aromatic rings. The summed E-state index contributed by atoms with van der Waals surface area (Å²) in [6.45, 7) is 5.81. The van der Waals surface area contributed by atoms with Gasteiger partial charge in [0.15, 0.2) is 0 Å². The largest absolute Gasteiger partial charge is 0.383 e. The zero-order valence-corrected chi connectivity index (χ0v) is 13.4. The van der Waals surface area contributed by atoms with Gasteiger partial charge in [0.1, 0.15) is 0 Å². The highest BCUT2D eigenvalue weighted by Gasteiger charge is 2.30. The minimum absolute atomic E-state index is 0.699. The number of anilines is 1. The second-order valence-corrected chi connectivity index (χ2v) is 5.89. The van der Waals surface area contributed by atoms with Crippen molar-refractivity contribution in [3.8, 4) is 0 Å². The van der Waals surface area contributed by atoms with Crippen LogP contribution in [-0.4, -0.2) is 32.8 Å². The molecule has 3 nitrogen and oxygen atoms in total. The molecule has 0 bridgehead atoms. The van der Waals surface area contributed by atoms with E-state index in [2.05, 4.69) is 51.3 Å². The molecule has 4 heteroatoms. The molecule has 0 spiro atoms. The second-order valence-electron chi connectivity index (χ2n) is 4.97. The van der Waals surface area contributed by atoms with Crippen LogP contribution >= 0.6 is 15.9 Å². The van der Waals surface area contributed by atoms with E-state index in [1.165, 1.54) is 24.1 Å². The number of ether oxygens (including phenoxy) is 1. The van der Waals surface area contributed by atoms with Crippen molar-refractivity contribution < 1.29 is 4.74 Å². The molecule has 0 saturated heterocycles. The van der Waals surface area contributed by atoms with Gasteiger partial charge in [0.2, 0.25) is 0 Å². The molecule has 0 radical (unpaired) electrons. The molecule has 0 atom stereocenters. The Bertz CT molecular complexity index is 407. The summed E-state index contributed by atoms with van der Waals surface area (Å²) in [5, 5.41) is 3.42. The normalized spacial score (nSPS) is 14.7. The molecule has 1 aliphatic carbocycles. The Morgan fingerprint density at radius 1 is 1.42 bits per heavy atom. The first-order valence-electron chi connectivity index (χ1n) is 7.01. The predicted molar refractivity (Wildman–Crippen MR) is 83.8 cm³/mol. The van der Waals surface area contributed by atoms with Crippen molar-refractivity contribution in [2.24, 2.45) is 0 Å². The first-order valence-corrected chi connectivity index (χ1v) is 7.80. The fourth-order valence-corrected chi connectivity index (χ4v) is 2.64. The van der Waals surface area contributed by atoms with Gasteiger partial charge in [-0.2, -0.15) is 0 Å². The molecule has 0 heterocycles. The van der Waals surface area contributed by atoms with E-state index in [1.807, 2.05) is 0 Å². The van der Waals surface area contributed by atoms with E-state index in [0.717, 1.165) is 30.7 Å². The van der Waals surface area contributed by atoms with Crippen LogP contribution in [0.15, 0.2) is 22.7 Å². The second kappa shape index (κ2) is 7.27. The zero-order valence-electron chi connectivity index (χ0n) is 11.8. The third-order valence-electron chi connectivity index (χ3n) is 3.45. The summed E-state index contributed by atoms with van der Waals surface area (Å²) in [6.07, 6.45) is 2.60. The Morgan fingerprint density at radius 3 is 2.84 bits per heavy atom. The predicted octanol–water partition coefficient (Wildman–Crippen LogP) is 3.17. The van der Waals surface area contributed by atoms with Crippen molar-refractivity contribution in [1.29, 1.82) is 0 Å². The zero-order chi connectivity index (χ0) is 13.7. The van der Waals surface area contributed by atoms with E-state index in [9.17, 15) is 0 Å². The molecule has 0 aliphatic heterocycles. The van der Waals surface area contributed by atoms with Crippen LogP contribution in [0.4, 0.5) is 5.69 Å². The van der Waals surface area contributed by atoms with Gasteiger partial charge in [0.05, 0.1) is 6.61 Å². The number of methoxy groups -OCH3 is 1. The van der Waals surface area contributed by atoms with Crippen molar-refractivity contribution in [2.75, 3.05) is 31.7 Å². The SMILES string of the molecule is CCNCc1ccc(Br)cc1N(CCOC)C1CC1. The van der Waals surface area contributed by atoms with E-state index >= 15 is 0 Å². The number of nitrogens with zero attached hydrogens (tertiary/aromatic N) is 1. The van der Waals surface area contributed by atoms with Gasteiger partial charge in [0, 0.05) is 36.4 Å². The van der Waals surface area contributed by atoms with Crippen LogP contribution in [0.2, 0.25) is 0 Å². The van der Waals surface area contributed by atoms with Crippen molar-refractivity contribution in [1.82, 2.24) is 5.32 Å². The van der Waals surface area contributed by atoms with E-state index < -0.39 is 0 Å². The summed E-state index contributed by atoms with van der Waals surface area (Å²) in [7, 11) is 1.77. The monoisotopic (exact) mass is 326 g/mol. The maximum Gasteiger partial charge on any atom is 0.0637 e. The van der Waals surface area contributed by atoms with E-state index in [4.69, 9.17) is 4.74 Å². The van der Waals surface area contributed by atoms with Gasteiger partial charge in [-0.3, -0.25) is 0 Å². The highest BCUT2D eigenvalue weighted by molar-refractivity contribution is 9.10. The minimum Gasteiger partial charge on any atom is -0.383 e. The summed E-state index contributed by atoms with van der Waals surface area (Å²) >= 11 is 3.59. The van der Waals surface area contributed by atoms with Crippen LogP contribution in [-0.2, 0) is 11.3 Å². The summed E-state index contributed by atoms with van der Waals surface area (Å²) in [5.41, 5.74) is 2.71. The summed E-state index contributed by atoms with van der Waals surface area (Å²) in [6, 6.07) is 7.27. The first kappa shape index (κ1) is 14.8. The minimum atomic E-state index is 0.699. The Labute approximate surface area is 124 Å². The molecular formula is C15H23BrN2O. The summed E-state index contributed by atoms with van der Waals surface area (Å²) in [4.78, 5) is 2.50. The Hall–Kier alpha value is -0.580. The lowest BCUT2D eigenvalue weighted by atomic mass is 10.1. The van der Waals surface area contributed by atoms with Crippen molar-refractivity contribution in [3.05, 3.63) is 28.2 Å². The quantitative estimate of drug-likeness (QED) is 0.794. The lowest BCUT2D eigenvalue weighted by Gasteiger charge is -2.27. The Kier molecular flexibility index (Phi) is 5.67. The van der Waals surface area contributed by atoms with Crippen LogP contribution in [0.25, 0.3) is 0 Å². The fourth-order valence-electron chi connectivity index (χ4n) is 2.29. The van der Waals surface area contributed by atoms with Gasteiger partial charge in [-0.1, -0.05) is 28.9 Å². The first-order chi connectivity index (χ1) is 9.26. The molecule has 1 saturated carbocycles. The number of nitrogens with one attached hydrogen (secondary N) is 1. The van der Waals surface area contributed by atoms with E-state index in [-0.39, 0.29) is 0 Å². The average molecular weight is 327 g/mol. The smallest absolute Gasteiger partial charge is 0.0637 e. The van der Waals surface area contributed by atoms with E-state index in [0.29, 0.717) is 6.04 Å². The molecule has 2 rings (SSSR count). The number of rotatable bonds is 8. The van der Waals surface area contributed by atoms with Crippen LogP contribution < -0.4 is 10.2 Å². The maximum absolute atomic E-state index is 5.25. The molecule has 1 N–H and O–H groups in total. The molecule has 0 aromatic heterocycles. The molecular weight excluding hydrogens is 304 g/mol. The third kappa shape index (κ3) is 4.20. The number of benzene rings is 1. The van der Waals surface area contributed by atoms with E-state index in [1.54, 1.807) is 7.11 Å². The van der Waals surface area contributed by atoms with Gasteiger partial charge in [-0.25, -0.2) is 0 Å². The van der Waals surface area contributed by atoms with Crippen molar-refractivity contribution >= 4 is 21.6 Å². The highest BCUT2D eigenvalue weighted by Crippen LogP contribution is 2.35. The highest BCUT2D eigenvalue weighted by atomic mass is 79.9. The lowest BCUT2D eigenvalue weighted by molar-refractivity contribution is 0.205. The molecule has 0 amide bonds. The average Bonchev–Trinajstić information content (AvgIpc) is 3.23. The molecule has 19 heavy (non-hydrogen) atoms. The topological polar surface area (TPSA) is 24.5 Å². The van der Waals surface area contributed by atoms with Crippen LogP contribution in [0.5, 0.6) is 0 Å². The van der Waals surface area contributed by atoms with Crippen LogP contribution in [0.1, 0.15) is 25.3 Å². The number of hydrogen-bond donors (Lipinski definition) is 1. The van der Waals surface area contributed by atoms with Gasteiger partial charge in [0.25, 0.3) is 0 Å².